The zero-order chi connectivity index (χ0) is 16.9. The van der Waals surface area contributed by atoms with E-state index in [0.717, 1.165) is 5.69 Å². The molecule has 0 spiro atoms. The minimum absolute atomic E-state index is 0.271. The Morgan fingerprint density at radius 3 is 2.17 bits per heavy atom. The Morgan fingerprint density at radius 2 is 1.54 bits per heavy atom. The quantitative estimate of drug-likeness (QED) is 0.688. The maximum Gasteiger partial charge on any atom is 0.316 e. The van der Waals surface area contributed by atoms with Crippen molar-refractivity contribution in [3.05, 3.63) is 72.6 Å². The van der Waals surface area contributed by atoms with Crippen LogP contribution in [-0.2, 0) is 0 Å². The highest BCUT2D eigenvalue weighted by Gasteiger charge is 2.10. The van der Waals surface area contributed by atoms with Gasteiger partial charge in [0.15, 0.2) is 0 Å². The Labute approximate surface area is 138 Å². The van der Waals surface area contributed by atoms with E-state index in [4.69, 9.17) is 5.73 Å². The minimum atomic E-state index is -0.639. The zero-order valence-electron chi connectivity index (χ0n) is 12.6. The van der Waals surface area contributed by atoms with Gasteiger partial charge in [0.2, 0.25) is 0 Å². The van der Waals surface area contributed by atoms with E-state index < -0.39 is 6.03 Å². The van der Waals surface area contributed by atoms with Gasteiger partial charge in [-0.2, -0.15) is 5.10 Å². The van der Waals surface area contributed by atoms with Crippen LogP contribution in [0.3, 0.4) is 0 Å². The van der Waals surface area contributed by atoms with Gasteiger partial charge >= 0.3 is 6.03 Å². The van der Waals surface area contributed by atoms with Crippen molar-refractivity contribution in [2.45, 2.75) is 0 Å². The normalized spacial score (nSPS) is 10.2. The van der Waals surface area contributed by atoms with Gasteiger partial charge in [0.05, 0.1) is 17.4 Å². The third-order valence-corrected chi connectivity index (χ3v) is 3.28. The summed E-state index contributed by atoms with van der Waals surface area (Å²) in [6.07, 6.45) is 3.17. The van der Waals surface area contributed by atoms with Crippen LogP contribution in [0.1, 0.15) is 10.4 Å². The Morgan fingerprint density at radius 1 is 0.917 bits per heavy atom. The molecule has 0 saturated carbocycles. The summed E-state index contributed by atoms with van der Waals surface area (Å²) in [6, 6.07) is 15.5. The molecule has 0 saturated heterocycles. The number of amides is 3. The third kappa shape index (κ3) is 3.58. The monoisotopic (exact) mass is 321 g/mol. The van der Waals surface area contributed by atoms with E-state index in [1.165, 1.54) is 6.20 Å². The first-order valence-corrected chi connectivity index (χ1v) is 7.20. The maximum absolute atomic E-state index is 12.3. The molecule has 120 valence electrons. The molecule has 1 aromatic heterocycles. The molecule has 3 amide bonds. The molecule has 0 radical (unpaired) electrons. The van der Waals surface area contributed by atoms with Crippen LogP contribution in [0, 0.1) is 0 Å². The highest BCUT2D eigenvalue weighted by molar-refractivity contribution is 6.04. The number of nitrogens with one attached hydrogen (secondary N) is 2. The number of benzene rings is 2. The minimum Gasteiger partial charge on any atom is -0.351 e. The van der Waals surface area contributed by atoms with Gasteiger partial charge in [-0.25, -0.2) is 9.48 Å². The van der Waals surface area contributed by atoms with Crippen LogP contribution in [0.5, 0.6) is 0 Å². The lowest BCUT2D eigenvalue weighted by Gasteiger charge is -2.05. The molecule has 2 aromatic carbocycles. The van der Waals surface area contributed by atoms with Crippen molar-refractivity contribution in [2.24, 2.45) is 5.73 Å². The molecule has 0 atom stereocenters. The number of carbonyl (C=O) groups excluding carboxylic acids is 2. The van der Waals surface area contributed by atoms with E-state index in [9.17, 15) is 9.59 Å². The number of primary amides is 1. The number of carbonyl (C=O) groups is 2. The molecule has 7 heteroatoms. The number of anilines is 2. The summed E-state index contributed by atoms with van der Waals surface area (Å²) < 4.78 is 1.63. The fourth-order valence-electron chi connectivity index (χ4n) is 2.14. The summed E-state index contributed by atoms with van der Waals surface area (Å²) >= 11 is 0. The van der Waals surface area contributed by atoms with Crippen LogP contribution >= 0.6 is 0 Å². The number of urea groups is 1. The number of hydrogen-bond donors (Lipinski definition) is 3. The maximum atomic E-state index is 12.3. The van der Waals surface area contributed by atoms with E-state index in [1.807, 2.05) is 30.3 Å². The fraction of sp³-hybridized carbons (Fsp3) is 0. The van der Waals surface area contributed by atoms with Crippen molar-refractivity contribution in [1.29, 1.82) is 0 Å². The second kappa shape index (κ2) is 6.66. The smallest absolute Gasteiger partial charge is 0.316 e. The lowest BCUT2D eigenvalue weighted by molar-refractivity contribution is 0.102. The van der Waals surface area contributed by atoms with Crippen LogP contribution in [0.2, 0.25) is 0 Å². The summed E-state index contributed by atoms with van der Waals surface area (Å²) in [4.78, 5) is 23.0. The van der Waals surface area contributed by atoms with Crippen molar-refractivity contribution in [1.82, 2.24) is 9.78 Å². The van der Waals surface area contributed by atoms with Gasteiger partial charge in [0.1, 0.15) is 0 Å². The van der Waals surface area contributed by atoms with Gasteiger partial charge in [-0.3, -0.25) is 4.79 Å². The van der Waals surface area contributed by atoms with Gasteiger partial charge in [-0.15, -0.1) is 0 Å². The van der Waals surface area contributed by atoms with E-state index in [0.29, 0.717) is 16.9 Å². The first-order valence-electron chi connectivity index (χ1n) is 7.20. The molecule has 3 rings (SSSR count). The number of rotatable bonds is 4. The SMILES string of the molecule is NC(=O)Nc1ccc(NC(=O)c2cnn(-c3ccccc3)c2)cc1. The van der Waals surface area contributed by atoms with Crippen molar-refractivity contribution < 1.29 is 9.59 Å². The van der Waals surface area contributed by atoms with Crippen molar-refractivity contribution in [2.75, 3.05) is 10.6 Å². The van der Waals surface area contributed by atoms with Gasteiger partial charge < -0.3 is 16.4 Å². The molecule has 7 nitrogen and oxygen atoms in total. The first-order chi connectivity index (χ1) is 11.6. The standard InChI is InChI=1S/C17H15N5O2/c18-17(24)21-14-8-6-13(7-9-14)20-16(23)12-10-19-22(11-12)15-4-2-1-3-5-15/h1-11H,(H,20,23)(H3,18,21,24). The summed E-state index contributed by atoms with van der Waals surface area (Å²) in [6.45, 7) is 0. The van der Waals surface area contributed by atoms with Gasteiger partial charge in [0.25, 0.3) is 5.91 Å². The van der Waals surface area contributed by atoms with Gasteiger partial charge in [-0.05, 0) is 36.4 Å². The van der Waals surface area contributed by atoms with Crippen LogP contribution in [0.15, 0.2) is 67.0 Å². The Hall–Kier alpha value is -3.61. The average molecular weight is 321 g/mol. The molecule has 0 unspecified atom stereocenters. The molecule has 4 N–H and O–H groups in total. The molecule has 0 aliphatic carbocycles. The lowest BCUT2D eigenvalue weighted by Crippen LogP contribution is -2.19. The molecule has 0 aliphatic heterocycles. The number of nitrogens with two attached hydrogens (primary N) is 1. The summed E-state index contributed by atoms with van der Waals surface area (Å²) in [5, 5.41) is 9.41. The second-order valence-electron chi connectivity index (χ2n) is 5.03. The summed E-state index contributed by atoms with van der Waals surface area (Å²) in [5.41, 5.74) is 7.51. The summed E-state index contributed by atoms with van der Waals surface area (Å²) in [7, 11) is 0. The van der Waals surface area contributed by atoms with Crippen molar-refractivity contribution in [3.63, 3.8) is 0 Å². The van der Waals surface area contributed by atoms with E-state index >= 15 is 0 Å². The summed E-state index contributed by atoms with van der Waals surface area (Å²) in [5.74, 6) is -0.271. The first kappa shape index (κ1) is 15.3. The van der Waals surface area contributed by atoms with Crippen molar-refractivity contribution in [3.8, 4) is 5.69 Å². The molecular formula is C17H15N5O2. The van der Waals surface area contributed by atoms with Crippen LogP contribution in [-0.4, -0.2) is 21.7 Å². The van der Waals surface area contributed by atoms with Crippen LogP contribution in [0.4, 0.5) is 16.2 Å². The number of nitrogens with zero attached hydrogens (tertiary/aromatic N) is 2. The van der Waals surface area contributed by atoms with Crippen LogP contribution in [0.25, 0.3) is 5.69 Å². The predicted molar refractivity (Wildman–Crippen MR) is 91.2 cm³/mol. The number of para-hydroxylation sites is 1. The molecule has 1 heterocycles. The molecule has 0 aliphatic rings. The third-order valence-electron chi connectivity index (χ3n) is 3.28. The van der Waals surface area contributed by atoms with E-state index in [-0.39, 0.29) is 5.91 Å². The topological polar surface area (TPSA) is 102 Å². The zero-order valence-corrected chi connectivity index (χ0v) is 12.6. The van der Waals surface area contributed by atoms with Gasteiger partial charge in [-0.1, -0.05) is 18.2 Å². The molecule has 0 bridgehead atoms. The predicted octanol–water partition coefficient (Wildman–Crippen LogP) is 2.62. The fourth-order valence-corrected chi connectivity index (χ4v) is 2.14. The lowest BCUT2D eigenvalue weighted by atomic mass is 10.2. The molecule has 0 fully saturated rings. The Balaban J connectivity index is 1.69. The van der Waals surface area contributed by atoms with Crippen molar-refractivity contribution >= 4 is 23.3 Å². The highest BCUT2D eigenvalue weighted by atomic mass is 16.2. The van der Waals surface area contributed by atoms with Crippen LogP contribution < -0.4 is 16.4 Å². The number of aromatic nitrogens is 2. The molecule has 24 heavy (non-hydrogen) atoms. The highest BCUT2D eigenvalue weighted by Crippen LogP contribution is 2.15. The molecule has 3 aromatic rings. The second-order valence-corrected chi connectivity index (χ2v) is 5.03. The Kier molecular flexibility index (Phi) is 4.24. The van der Waals surface area contributed by atoms with E-state index in [2.05, 4.69) is 15.7 Å². The van der Waals surface area contributed by atoms with E-state index in [1.54, 1.807) is 35.1 Å². The largest absolute Gasteiger partial charge is 0.351 e. The number of hydrogen-bond acceptors (Lipinski definition) is 3. The van der Waals surface area contributed by atoms with Gasteiger partial charge in [0, 0.05) is 17.6 Å². The Bertz CT molecular complexity index is 856. The molecular weight excluding hydrogens is 306 g/mol. The average Bonchev–Trinajstić information content (AvgIpc) is 3.07.